The summed E-state index contributed by atoms with van der Waals surface area (Å²) in [6.07, 6.45) is 2.50. The fourth-order valence-electron chi connectivity index (χ4n) is 2.08. The number of hydrogen-bond donors (Lipinski definition) is 2. The Morgan fingerprint density at radius 1 is 1.25 bits per heavy atom. The number of halogens is 1. The third-order valence-corrected chi connectivity index (χ3v) is 3.73. The van der Waals surface area contributed by atoms with E-state index in [1.165, 1.54) is 30.7 Å². The second kappa shape index (κ2) is 6.67. The molecule has 3 aromatic rings. The van der Waals surface area contributed by atoms with E-state index in [1.54, 1.807) is 24.3 Å². The van der Waals surface area contributed by atoms with Gasteiger partial charge in [-0.15, -0.1) is 0 Å². The summed E-state index contributed by atoms with van der Waals surface area (Å²) in [7, 11) is 0. The highest BCUT2D eigenvalue weighted by molar-refractivity contribution is 9.10. The van der Waals surface area contributed by atoms with Gasteiger partial charge in [0.1, 0.15) is 17.6 Å². The maximum Gasteiger partial charge on any atom is 0.271 e. The van der Waals surface area contributed by atoms with Gasteiger partial charge in [0.2, 0.25) is 5.43 Å². The van der Waals surface area contributed by atoms with Gasteiger partial charge < -0.3 is 9.52 Å². The Balaban J connectivity index is 1.82. The van der Waals surface area contributed by atoms with Crippen LogP contribution in [0.25, 0.3) is 11.0 Å². The second-order valence-corrected chi connectivity index (χ2v) is 5.83. The van der Waals surface area contributed by atoms with E-state index in [0.717, 1.165) is 4.47 Å². The predicted octanol–water partition coefficient (Wildman–Crippen LogP) is 3.03. The van der Waals surface area contributed by atoms with Crippen molar-refractivity contribution in [1.29, 1.82) is 0 Å². The Morgan fingerprint density at radius 2 is 2.08 bits per heavy atom. The molecule has 2 aromatic carbocycles. The lowest BCUT2D eigenvalue weighted by Crippen LogP contribution is -2.18. The van der Waals surface area contributed by atoms with Crippen LogP contribution >= 0.6 is 15.9 Å². The van der Waals surface area contributed by atoms with Gasteiger partial charge in [0, 0.05) is 10.0 Å². The highest BCUT2D eigenvalue weighted by Gasteiger charge is 2.07. The van der Waals surface area contributed by atoms with E-state index in [-0.39, 0.29) is 22.3 Å². The van der Waals surface area contributed by atoms with Crippen LogP contribution in [0.15, 0.2) is 67.5 Å². The summed E-state index contributed by atoms with van der Waals surface area (Å²) in [5.41, 5.74) is 2.95. The molecular weight excluding hydrogens is 376 g/mol. The van der Waals surface area contributed by atoms with Gasteiger partial charge in [0.05, 0.1) is 17.2 Å². The number of carbonyl (C=O) groups is 1. The average molecular weight is 387 g/mol. The van der Waals surface area contributed by atoms with Gasteiger partial charge in [-0.1, -0.05) is 22.0 Å². The first-order valence-electron chi connectivity index (χ1n) is 6.88. The highest BCUT2D eigenvalue weighted by atomic mass is 79.9. The molecule has 0 saturated heterocycles. The van der Waals surface area contributed by atoms with Crippen LogP contribution in [0.2, 0.25) is 0 Å². The monoisotopic (exact) mass is 386 g/mol. The molecule has 1 heterocycles. The van der Waals surface area contributed by atoms with Crippen LogP contribution in [0.3, 0.4) is 0 Å². The number of amides is 1. The first-order valence-corrected chi connectivity index (χ1v) is 7.67. The number of nitrogens with one attached hydrogen (secondary N) is 1. The number of nitrogens with zero attached hydrogens (tertiary/aromatic N) is 1. The smallest absolute Gasteiger partial charge is 0.271 e. The van der Waals surface area contributed by atoms with Crippen molar-refractivity contribution < 1.29 is 14.3 Å². The normalized spacial score (nSPS) is 11.0. The Bertz CT molecular complexity index is 1010. The zero-order valence-electron chi connectivity index (χ0n) is 12.2. The van der Waals surface area contributed by atoms with Crippen LogP contribution in [-0.4, -0.2) is 17.2 Å². The van der Waals surface area contributed by atoms with E-state index in [1.807, 2.05) is 0 Å². The molecule has 0 atom stereocenters. The summed E-state index contributed by atoms with van der Waals surface area (Å²) in [6.45, 7) is 0. The van der Waals surface area contributed by atoms with E-state index < -0.39 is 5.91 Å². The van der Waals surface area contributed by atoms with Crippen molar-refractivity contribution in [3.8, 4) is 5.75 Å². The van der Waals surface area contributed by atoms with E-state index in [9.17, 15) is 14.7 Å². The molecule has 24 heavy (non-hydrogen) atoms. The largest absolute Gasteiger partial charge is 0.508 e. The summed E-state index contributed by atoms with van der Waals surface area (Å²) >= 11 is 3.30. The van der Waals surface area contributed by atoms with Crippen LogP contribution in [0.1, 0.15) is 15.9 Å². The van der Waals surface area contributed by atoms with Gasteiger partial charge in [-0.25, -0.2) is 5.43 Å². The van der Waals surface area contributed by atoms with Crippen molar-refractivity contribution >= 4 is 39.0 Å². The Hall–Kier alpha value is -2.93. The number of hydrazone groups is 1. The molecule has 6 nitrogen and oxygen atoms in total. The molecule has 1 aromatic heterocycles. The number of rotatable bonds is 3. The lowest BCUT2D eigenvalue weighted by Gasteiger charge is -2.01. The first-order chi connectivity index (χ1) is 11.5. The summed E-state index contributed by atoms with van der Waals surface area (Å²) in [5, 5.41) is 13.5. The van der Waals surface area contributed by atoms with E-state index in [0.29, 0.717) is 11.0 Å². The Labute approximate surface area is 144 Å². The third-order valence-electron chi connectivity index (χ3n) is 3.24. The zero-order valence-corrected chi connectivity index (χ0v) is 13.8. The number of carbonyl (C=O) groups excluding carboxylic acids is 1. The number of fused-ring (bicyclic) bond motifs is 1. The molecule has 0 fully saturated rings. The predicted molar refractivity (Wildman–Crippen MR) is 93.4 cm³/mol. The lowest BCUT2D eigenvalue weighted by atomic mass is 10.2. The minimum atomic E-state index is -0.505. The number of aromatic hydroxyl groups is 1. The van der Waals surface area contributed by atoms with E-state index in [2.05, 4.69) is 26.5 Å². The summed E-state index contributed by atoms with van der Waals surface area (Å²) in [5.74, 6) is -0.526. The van der Waals surface area contributed by atoms with Crippen molar-refractivity contribution in [3.63, 3.8) is 0 Å². The quantitative estimate of drug-likeness (QED) is 0.534. The molecule has 0 aliphatic rings. The third kappa shape index (κ3) is 3.36. The van der Waals surface area contributed by atoms with Gasteiger partial charge in [-0.2, -0.15) is 5.10 Å². The Morgan fingerprint density at radius 3 is 2.88 bits per heavy atom. The number of benzene rings is 2. The van der Waals surface area contributed by atoms with Gasteiger partial charge in [0.15, 0.2) is 0 Å². The highest BCUT2D eigenvalue weighted by Crippen LogP contribution is 2.17. The van der Waals surface area contributed by atoms with Crippen molar-refractivity contribution in [2.24, 2.45) is 5.10 Å². The Kier molecular flexibility index (Phi) is 4.43. The van der Waals surface area contributed by atoms with E-state index in [4.69, 9.17) is 4.42 Å². The molecule has 2 N–H and O–H groups in total. The minimum absolute atomic E-state index is 0.0209. The number of hydrogen-bond acceptors (Lipinski definition) is 5. The molecule has 1 amide bonds. The summed E-state index contributed by atoms with van der Waals surface area (Å²) in [4.78, 5) is 24.2. The molecule has 3 rings (SSSR count). The minimum Gasteiger partial charge on any atom is -0.508 e. The summed E-state index contributed by atoms with van der Waals surface area (Å²) < 4.78 is 6.14. The molecule has 0 aliphatic heterocycles. The fraction of sp³-hybridized carbons (Fsp3) is 0. The van der Waals surface area contributed by atoms with Gasteiger partial charge in [-0.3, -0.25) is 9.59 Å². The van der Waals surface area contributed by atoms with Crippen LogP contribution in [0.5, 0.6) is 5.75 Å². The molecule has 0 unspecified atom stereocenters. The molecule has 0 saturated carbocycles. The zero-order chi connectivity index (χ0) is 17.1. The molecule has 0 radical (unpaired) electrons. The van der Waals surface area contributed by atoms with Crippen LogP contribution < -0.4 is 10.9 Å². The summed E-state index contributed by atoms with van der Waals surface area (Å²) in [6, 6.07) is 11.0. The molecular formula is C17H11BrN2O4. The van der Waals surface area contributed by atoms with Crippen molar-refractivity contribution in [1.82, 2.24) is 5.43 Å². The van der Waals surface area contributed by atoms with E-state index >= 15 is 0 Å². The molecule has 0 aliphatic carbocycles. The average Bonchev–Trinajstić information content (AvgIpc) is 2.57. The van der Waals surface area contributed by atoms with Gasteiger partial charge >= 0.3 is 0 Å². The standard InChI is InChI=1S/C17H11BrN2O4/c18-12-4-5-15-14(7-12)16(22)11(9-24-15)8-19-20-17(23)10-2-1-3-13(21)6-10/h1-9,21H,(H,20,23)/b19-8+. The molecule has 120 valence electrons. The SMILES string of the molecule is O=C(N/N=C/c1coc2ccc(Br)cc2c1=O)c1cccc(O)c1. The van der Waals surface area contributed by atoms with Gasteiger partial charge in [0.25, 0.3) is 5.91 Å². The van der Waals surface area contributed by atoms with Crippen molar-refractivity contribution in [3.05, 3.63) is 74.6 Å². The molecule has 0 bridgehead atoms. The fourth-order valence-corrected chi connectivity index (χ4v) is 2.44. The topological polar surface area (TPSA) is 91.9 Å². The number of phenolic OH excluding ortho intramolecular Hbond substituents is 1. The second-order valence-electron chi connectivity index (χ2n) is 4.91. The first kappa shape index (κ1) is 15.9. The van der Waals surface area contributed by atoms with Crippen LogP contribution in [0, 0.1) is 0 Å². The van der Waals surface area contributed by atoms with Crippen LogP contribution in [-0.2, 0) is 0 Å². The number of phenols is 1. The van der Waals surface area contributed by atoms with Gasteiger partial charge in [-0.05, 0) is 36.4 Å². The molecule has 7 heteroatoms. The lowest BCUT2D eigenvalue weighted by molar-refractivity contribution is 0.0954. The molecule has 0 spiro atoms. The maximum atomic E-state index is 12.4. The maximum absolute atomic E-state index is 12.4. The van der Waals surface area contributed by atoms with Crippen molar-refractivity contribution in [2.45, 2.75) is 0 Å². The van der Waals surface area contributed by atoms with Crippen LogP contribution in [0.4, 0.5) is 0 Å². The van der Waals surface area contributed by atoms with Crippen molar-refractivity contribution in [2.75, 3.05) is 0 Å².